The van der Waals surface area contributed by atoms with E-state index in [4.69, 9.17) is 13.3 Å². The second-order valence-electron chi connectivity index (χ2n) is 1.98. The zero-order valence-corrected chi connectivity index (χ0v) is 8.55. The maximum Gasteiger partial charge on any atom is 0.326 e. The summed E-state index contributed by atoms with van der Waals surface area (Å²) in [5.74, 6) is 0. The summed E-state index contributed by atoms with van der Waals surface area (Å²) in [6.45, 7) is 11.3. The monoisotopic (exact) mass is 177 g/mol. The van der Waals surface area contributed by atoms with Gasteiger partial charge in [-0.3, -0.25) is 6.55 Å². The Morgan fingerprint density at radius 1 is 0.909 bits per heavy atom. The molecule has 0 N–H and O–H groups in total. The summed E-state index contributed by atoms with van der Waals surface area (Å²) in [6.07, 6.45) is 0. The van der Waals surface area contributed by atoms with Gasteiger partial charge >= 0.3 is 8.80 Å². The van der Waals surface area contributed by atoms with E-state index in [1.807, 2.05) is 20.8 Å². The summed E-state index contributed by atoms with van der Waals surface area (Å²) in [5.41, 5.74) is 0. The molecule has 0 amide bonds. The molecule has 0 aliphatic heterocycles. The first-order valence-corrected chi connectivity index (χ1v) is 5.89. The van der Waals surface area contributed by atoms with Crippen molar-refractivity contribution in [2.75, 3.05) is 19.8 Å². The highest BCUT2D eigenvalue weighted by atomic mass is 28.4. The first kappa shape index (κ1) is 11.1. The van der Waals surface area contributed by atoms with Crippen molar-refractivity contribution in [3.05, 3.63) is 6.55 Å². The molecule has 0 atom stereocenters. The summed E-state index contributed by atoms with van der Waals surface area (Å²) in [4.78, 5) is 0. The number of hydrogen-bond acceptors (Lipinski definition) is 3. The van der Waals surface area contributed by atoms with E-state index in [1.165, 1.54) is 0 Å². The van der Waals surface area contributed by atoms with Gasteiger partial charge in [0, 0.05) is 19.8 Å². The molecule has 68 valence electrons. The van der Waals surface area contributed by atoms with Crippen LogP contribution in [0.2, 0.25) is 0 Å². The molecule has 0 spiro atoms. The Bertz CT molecular complexity index is 80.7. The third kappa shape index (κ3) is 4.52. The Morgan fingerprint density at radius 3 is 1.36 bits per heavy atom. The topological polar surface area (TPSA) is 27.7 Å². The maximum absolute atomic E-state index is 5.29. The van der Waals surface area contributed by atoms with E-state index in [-0.39, 0.29) is 0 Å². The third-order valence-corrected chi connectivity index (χ3v) is 3.28. The molecule has 0 saturated carbocycles. The molecule has 0 rings (SSSR count). The minimum absolute atomic E-state index is 0.593. The lowest BCUT2D eigenvalue weighted by Gasteiger charge is -2.31. The van der Waals surface area contributed by atoms with Crippen molar-refractivity contribution >= 4 is 8.80 Å². The lowest BCUT2D eigenvalue weighted by atomic mass is 10.9. The molecular formula is C7H17O3Si-. The molecule has 0 radical (unpaired) electrons. The van der Waals surface area contributed by atoms with Crippen molar-refractivity contribution < 1.29 is 13.3 Å². The highest BCUT2D eigenvalue weighted by Crippen LogP contribution is 2.06. The maximum atomic E-state index is 5.29. The summed E-state index contributed by atoms with van der Waals surface area (Å²) in [5, 5.41) is 0. The van der Waals surface area contributed by atoms with Gasteiger partial charge in [0.25, 0.3) is 0 Å². The average molecular weight is 177 g/mol. The molecule has 0 aromatic rings. The smallest absolute Gasteiger partial charge is 0.326 e. The van der Waals surface area contributed by atoms with E-state index in [9.17, 15) is 0 Å². The summed E-state index contributed by atoms with van der Waals surface area (Å²) in [7, 11) is -2.50. The van der Waals surface area contributed by atoms with E-state index in [0.29, 0.717) is 19.8 Å². The van der Waals surface area contributed by atoms with Crippen LogP contribution in [0.15, 0.2) is 0 Å². The lowest BCUT2D eigenvalue weighted by molar-refractivity contribution is 0.0835. The molecule has 0 fully saturated rings. The van der Waals surface area contributed by atoms with Crippen LogP contribution in [0.1, 0.15) is 20.8 Å². The molecular weight excluding hydrogens is 160 g/mol. The molecule has 0 bridgehead atoms. The normalized spacial score (nSPS) is 12.0. The Hall–Kier alpha value is 0.0969. The van der Waals surface area contributed by atoms with Crippen molar-refractivity contribution in [3.63, 3.8) is 0 Å². The van der Waals surface area contributed by atoms with Crippen LogP contribution in [0.4, 0.5) is 0 Å². The summed E-state index contributed by atoms with van der Waals surface area (Å²) >= 11 is 0. The number of hydrogen-bond donors (Lipinski definition) is 0. The SMILES string of the molecule is [CH2-][Si](OCC)(OCC)OCC. The van der Waals surface area contributed by atoms with Crippen LogP contribution in [0.3, 0.4) is 0 Å². The summed E-state index contributed by atoms with van der Waals surface area (Å²) in [6, 6.07) is 0. The van der Waals surface area contributed by atoms with E-state index in [0.717, 1.165) is 0 Å². The first-order valence-electron chi connectivity index (χ1n) is 3.95. The van der Waals surface area contributed by atoms with Gasteiger partial charge in [0.1, 0.15) is 0 Å². The van der Waals surface area contributed by atoms with Crippen LogP contribution in [0.5, 0.6) is 0 Å². The zero-order valence-electron chi connectivity index (χ0n) is 7.55. The van der Waals surface area contributed by atoms with Crippen molar-refractivity contribution in [3.8, 4) is 0 Å². The van der Waals surface area contributed by atoms with Crippen molar-refractivity contribution in [1.29, 1.82) is 0 Å². The van der Waals surface area contributed by atoms with Gasteiger partial charge in [0.2, 0.25) is 0 Å². The highest BCUT2D eigenvalue weighted by molar-refractivity contribution is 6.62. The Morgan fingerprint density at radius 2 is 1.18 bits per heavy atom. The fourth-order valence-electron chi connectivity index (χ4n) is 0.785. The predicted octanol–water partition coefficient (Wildman–Crippen LogP) is 1.41. The van der Waals surface area contributed by atoms with Crippen molar-refractivity contribution in [2.24, 2.45) is 0 Å². The van der Waals surface area contributed by atoms with Crippen LogP contribution in [-0.2, 0) is 13.3 Å². The fraction of sp³-hybridized carbons (Fsp3) is 0.857. The fourth-order valence-corrected chi connectivity index (χ4v) is 2.35. The van der Waals surface area contributed by atoms with Gasteiger partial charge < -0.3 is 13.3 Å². The molecule has 0 unspecified atom stereocenters. The predicted molar refractivity (Wildman–Crippen MR) is 46.0 cm³/mol. The second kappa shape index (κ2) is 5.71. The average Bonchev–Trinajstić information content (AvgIpc) is 1.88. The molecule has 0 aliphatic rings. The van der Waals surface area contributed by atoms with E-state index in [1.54, 1.807) is 0 Å². The lowest BCUT2D eigenvalue weighted by Crippen LogP contribution is -2.43. The molecule has 0 heterocycles. The standard InChI is InChI=1S/C7H17O3Si/c1-5-8-11(4,9-6-2)10-7-3/h4-7H2,1-3H3/q-1. The van der Waals surface area contributed by atoms with Crippen molar-refractivity contribution in [2.45, 2.75) is 20.8 Å². The molecule has 4 heteroatoms. The van der Waals surface area contributed by atoms with Crippen LogP contribution in [0, 0.1) is 6.55 Å². The zero-order chi connectivity index (χ0) is 8.74. The Balaban J connectivity index is 3.79. The second-order valence-corrected chi connectivity index (χ2v) is 4.21. The number of rotatable bonds is 6. The highest BCUT2D eigenvalue weighted by Gasteiger charge is 2.21. The molecule has 0 aliphatic carbocycles. The van der Waals surface area contributed by atoms with Crippen molar-refractivity contribution in [1.82, 2.24) is 0 Å². The minimum Gasteiger partial charge on any atom is -0.394 e. The third-order valence-electron chi connectivity index (χ3n) is 1.09. The van der Waals surface area contributed by atoms with E-state index >= 15 is 0 Å². The largest absolute Gasteiger partial charge is 0.394 e. The van der Waals surface area contributed by atoms with Gasteiger partial charge in [0.05, 0.1) is 0 Å². The molecule has 11 heavy (non-hydrogen) atoms. The summed E-state index contributed by atoms with van der Waals surface area (Å²) < 4.78 is 15.9. The van der Waals surface area contributed by atoms with E-state index < -0.39 is 8.80 Å². The van der Waals surface area contributed by atoms with Gasteiger partial charge in [0.15, 0.2) is 0 Å². The van der Waals surface area contributed by atoms with E-state index in [2.05, 4.69) is 6.55 Å². The van der Waals surface area contributed by atoms with Gasteiger partial charge in [-0.2, -0.15) is 0 Å². The van der Waals surface area contributed by atoms with Crippen LogP contribution >= 0.6 is 0 Å². The quantitative estimate of drug-likeness (QED) is 0.453. The van der Waals surface area contributed by atoms with Crippen LogP contribution < -0.4 is 0 Å². The molecule has 0 aromatic heterocycles. The van der Waals surface area contributed by atoms with Crippen LogP contribution in [-0.4, -0.2) is 28.6 Å². The van der Waals surface area contributed by atoms with Gasteiger partial charge in [-0.1, -0.05) is 0 Å². The van der Waals surface area contributed by atoms with Gasteiger partial charge in [-0.25, -0.2) is 0 Å². The Kier molecular flexibility index (Phi) is 5.76. The van der Waals surface area contributed by atoms with Gasteiger partial charge in [-0.15, -0.1) is 0 Å². The molecule has 3 nitrogen and oxygen atoms in total. The molecule has 0 saturated heterocycles. The molecule has 0 aromatic carbocycles. The minimum atomic E-state index is -2.50. The Labute approximate surface area is 70.0 Å². The first-order chi connectivity index (χ1) is 5.18. The van der Waals surface area contributed by atoms with Crippen LogP contribution in [0.25, 0.3) is 0 Å². The van der Waals surface area contributed by atoms with Gasteiger partial charge in [-0.05, 0) is 20.8 Å².